The molecule has 0 bridgehead atoms. The van der Waals surface area contributed by atoms with Gasteiger partial charge in [-0.1, -0.05) is 6.07 Å². The molecule has 2 heterocycles. The Labute approximate surface area is 133 Å². The summed E-state index contributed by atoms with van der Waals surface area (Å²) in [4.78, 5) is 11.7. The van der Waals surface area contributed by atoms with Crippen molar-refractivity contribution in [2.45, 2.75) is 19.5 Å². The summed E-state index contributed by atoms with van der Waals surface area (Å²) in [5.41, 5.74) is 9.71. The Balaban J connectivity index is 2.07. The van der Waals surface area contributed by atoms with E-state index in [1.165, 1.54) is 2.88 Å². The monoisotopic (exact) mass is 400 g/mol. The van der Waals surface area contributed by atoms with Crippen molar-refractivity contribution in [2.24, 2.45) is 5.73 Å². The first-order chi connectivity index (χ1) is 9.60. The molecule has 1 aromatic carbocycles. The second kappa shape index (κ2) is 5.34. The van der Waals surface area contributed by atoms with Crippen LogP contribution in [-0.2, 0) is 6.54 Å². The number of nitrogens with zero attached hydrogens (tertiary/aromatic N) is 1. The zero-order chi connectivity index (χ0) is 14.3. The molecule has 0 amide bonds. The molecule has 0 saturated heterocycles. The van der Waals surface area contributed by atoms with Crippen molar-refractivity contribution >= 4 is 45.0 Å². The highest BCUT2D eigenvalue weighted by Gasteiger charge is 2.14. The van der Waals surface area contributed by atoms with Crippen LogP contribution < -0.4 is 11.5 Å². The maximum atomic E-state index is 11.7. The number of aryl methyl sites for hydroxylation is 1. The third-order valence-electron chi connectivity index (χ3n) is 3.31. The number of thiophene rings is 1. The SMILES string of the molecule is CCn1c(=O)oc2cc(C(N)c3csc(I)c3)ccc21. The van der Waals surface area contributed by atoms with Crippen LogP contribution in [0.3, 0.4) is 0 Å². The smallest absolute Gasteiger partial charge is 0.408 e. The average Bonchev–Trinajstić information content (AvgIpc) is 2.99. The van der Waals surface area contributed by atoms with Crippen molar-refractivity contribution in [2.75, 3.05) is 0 Å². The van der Waals surface area contributed by atoms with Gasteiger partial charge in [0.15, 0.2) is 5.58 Å². The van der Waals surface area contributed by atoms with Crippen LogP contribution in [0.5, 0.6) is 0 Å². The van der Waals surface area contributed by atoms with Crippen LogP contribution in [0.2, 0.25) is 0 Å². The predicted molar refractivity (Wildman–Crippen MR) is 89.2 cm³/mol. The third kappa shape index (κ3) is 2.32. The minimum absolute atomic E-state index is 0.200. The van der Waals surface area contributed by atoms with Crippen molar-refractivity contribution in [1.82, 2.24) is 4.57 Å². The van der Waals surface area contributed by atoms with Crippen molar-refractivity contribution in [3.05, 3.63) is 54.2 Å². The van der Waals surface area contributed by atoms with Gasteiger partial charge in [0.2, 0.25) is 0 Å². The number of hydrogen-bond donors (Lipinski definition) is 1. The van der Waals surface area contributed by atoms with Crippen LogP contribution in [0, 0.1) is 2.88 Å². The lowest BCUT2D eigenvalue weighted by atomic mass is 10.0. The van der Waals surface area contributed by atoms with Gasteiger partial charge in [-0.3, -0.25) is 4.57 Å². The zero-order valence-corrected chi connectivity index (χ0v) is 13.8. The molecule has 1 atom stereocenters. The second-order valence-electron chi connectivity index (χ2n) is 4.50. The molecular weight excluding hydrogens is 387 g/mol. The summed E-state index contributed by atoms with van der Waals surface area (Å²) in [5, 5.41) is 2.06. The Bertz CT molecular complexity index is 818. The molecule has 0 aliphatic heterocycles. The predicted octanol–water partition coefficient (Wildman–Crippen LogP) is 3.33. The van der Waals surface area contributed by atoms with E-state index in [2.05, 4.69) is 34.0 Å². The Hall–Kier alpha value is -1.12. The summed E-state index contributed by atoms with van der Waals surface area (Å²) < 4.78 is 8.09. The fourth-order valence-electron chi connectivity index (χ4n) is 2.25. The normalized spacial score (nSPS) is 12.9. The number of nitrogens with two attached hydrogens (primary N) is 1. The Morgan fingerprint density at radius 2 is 2.20 bits per heavy atom. The number of halogens is 1. The summed E-state index contributed by atoms with van der Waals surface area (Å²) in [6.45, 7) is 2.52. The van der Waals surface area contributed by atoms with Gasteiger partial charge >= 0.3 is 5.76 Å². The molecule has 0 aliphatic carbocycles. The molecule has 20 heavy (non-hydrogen) atoms. The van der Waals surface area contributed by atoms with Crippen LogP contribution in [-0.4, -0.2) is 4.57 Å². The van der Waals surface area contributed by atoms with Gasteiger partial charge in [-0.25, -0.2) is 4.79 Å². The number of hydrogen-bond acceptors (Lipinski definition) is 4. The summed E-state index contributed by atoms with van der Waals surface area (Å²) in [7, 11) is 0. The van der Waals surface area contributed by atoms with E-state index in [1.54, 1.807) is 15.9 Å². The molecule has 0 spiro atoms. The first kappa shape index (κ1) is 13.8. The molecular formula is C14H13IN2O2S. The number of aromatic nitrogens is 1. The number of fused-ring (bicyclic) bond motifs is 1. The van der Waals surface area contributed by atoms with Crippen LogP contribution in [0.1, 0.15) is 24.1 Å². The number of benzene rings is 1. The van der Waals surface area contributed by atoms with Gasteiger partial charge in [0.05, 0.1) is 14.4 Å². The van der Waals surface area contributed by atoms with E-state index in [4.69, 9.17) is 10.2 Å². The summed E-state index contributed by atoms with van der Waals surface area (Å²) >= 11 is 3.95. The summed E-state index contributed by atoms with van der Waals surface area (Å²) in [5.74, 6) is -0.321. The first-order valence-electron chi connectivity index (χ1n) is 6.23. The van der Waals surface area contributed by atoms with E-state index in [1.807, 2.05) is 25.1 Å². The first-order valence-corrected chi connectivity index (χ1v) is 8.18. The number of rotatable bonds is 3. The molecule has 0 saturated carbocycles. The maximum Gasteiger partial charge on any atom is 0.419 e. The van der Waals surface area contributed by atoms with Gasteiger partial charge in [0, 0.05) is 6.54 Å². The molecule has 0 radical (unpaired) electrons. The minimum Gasteiger partial charge on any atom is -0.408 e. The van der Waals surface area contributed by atoms with E-state index in [0.29, 0.717) is 12.1 Å². The zero-order valence-electron chi connectivity index (χ0n) is 10.8. The molecule has 0 aliphatic rings. The van der Waals surface area contributed by atoms with Gasteiger partial charge in [0.25, 0.3) is 0 Å². The standard InChI is InChI=1S/C14H13IN2O2S/c1-2-17-10-4-3-8(5-11(10)19-14(17)18)13(16)9-6-12(15)20-7-9/h3-7,13H,2,16H2,1H3. The molecule has 0 fully saturated rings. The number of oxazole rings is 1. The molecule has 4 nitrogen and oxygen atoms in total. The molecule has 2 N–H and O–H groups in total. The Kier molecular flexibility index (Phi) is 3.70. The highest BCUT2D eigenvalue weighted by molar-refractivity contribution is 14.1. The highest BCUT2D eigenvalue weighted by atomic mass is 127. The van der Waals surface area contributed by atoms with Crippen molar-refractivity contribution < 1.29 is 4.42 Å². The molecule has 3 aromatic rings. The average molecular weight is 400 g/mol. The lowest BCUT2D eigenvalue weighted by Gasteiger charge is -2.10. The van der Waals surface area contributed by atoms with Gasteiger partial charge in [0.1, 0.15) is 0 Å². The Morgan fingerprint density at radius 3 is 2.85 bits per heavy atom. The van der Waals surface area contributed by atoms with Crippen molar-refractivity contribution in [3.8, 4) is 0 Å². The summed E-state index contributed by atoms with van der Waals surface area (Å²) in [6.07, 6.45) is 0. The Morgan fingerprint density at radius 1 is 1.40 bits per heavy atom. The van der Waals surface area contributed by atoms with E-state index in [0.717, 1.165) is 16.6 Å². The third-order valence-corrected chi connectivity index (χ3v) is 5.12. The molecule has 104 valence electrons. The van der Waals surface area contributed by atoms with Crippen LogP contribution in [0.15, 0.2) is 38.9 Å². The largest absolute Gasteiger partial charge is 0.419 e. The fourth-order valence-corrected chi connectivity index (χ4v) is 3.66. The lowest BCUT2D eigenvalue weighted by Crippen LogP contribution is -2.12. The molecule has 2 aromatic heterocycles. The topological polar surface area (TPSA) is 61.2 Å². The van der Waals surface area contributed by atoms with Gasteiger partial charge in [-0.05, 0) is 64.2 Å². The lowest BCUT2D eigenvalue weighted by molar-refractivity contribution is 0.513. The molecule has 1 unspecified atom stereocenters. The summed E-state index contributed by atoms with van der Waals surface area (Å²) in [6, 6.07) is 7.59. The van der Waals surface area contributed by atoms with E-state index in [-0.39, 0.29) is 11.8 Å². The van der Waals surface area contributed by atoms with Crippen molar-refractivity contribution in [1.29, 1.82) is 0 Å². The van der Waals surface area contributed by atoms with E-state index in [9.17, 15) is 4.79 Å². The minimum atomic E-state index is -0.321. The quantitative estimate of drug-likeness (QED) is 0.687. The van der Waals surface area contributed by atoms with Gasteiger partial charge in [-0.2, -0.15) is 0 Å². The van der Waals surface area contributed by atoms with Crippen molar-refractivity contribution in [3.63, 3.8) is 0 Å². The van der Waals surface area contributed by atoms with Crippen LogP contribution in [0.4, 0.5) is 0 Å². The van der Waals surface area contributed by atoms with Gasteiger partial charge < -0.3 is 10.2 Å². The maximum absolute atomic E-state index is 11.7. The highest BCUT2D eigenvalue weighted by Crippen LogP contribution is 2.27. The van der Waals surface area contributed by atoms with E-state index < -0.39 is 0 Å². The molecule has 3 rings (SSSR count). The van der Waals surface area contributed by atoms with Crippen LogP contribution in [0.25, 0.3) is 11.1 Å². The fraction of sp³-hybridized carbons (Fsp3) is 0.214. The van der Waals surface area contributed by atoms with Gasteiger partial charge in [-0.15, -0.1) is 11.3 Å². The molecule has 6 heteroatoms. The second-order valence-corrected chi connectivity index (χ2v) is 7.31. The van der Waals surface area contributed by atoms with Crippen LogP contribution >= 0.6 is 33.9 Å². The van der Waals surface area contributed by atoms with E-state index >= 15 is 0 Å².